The molecule has 36 heavy (non-hydrogen) atoms. The summed E-state index contributed by atoms with van der Waals surface area (Å²) in [6.07, 6.45) is 1.20. The fraction of sp³-hybridized carbons (Fsp3) is 0.571. The largest absolute Gasteiger partial charge is 0.496 e. The lowest BCUT2D eigenvalue weighted by atomic mass is 9.94. The van der Waals surface area contributed by atoms with Crippen molar-refractivity contribution in [3.05, 3.63) is 57.5 Å². The number of nitrogens with zero attached hydrogens (tertiary/aromatic N) is 3. The number of para-hydroxylation sites is 1. The average Bonchev–Trinajstić information content (AvgIpc) is 2.81. The maximum Gasteiger partial charge on any atom is 0.276 e. The van der Waals surface area contributed by atoms with Crippen LogP contribution >= 0.6 is 0 Å². The van der Waals surface area contributed by atoms with Crippen LogP contribution in [0.2, 0.25) is 0 Å². The van der Waals surface area contributed by atoms with Gasteiger partial charge in [-0.25, -0.2) is 4.68 Å². The van der Waals surface area contributed by atoms with Crippen molar-refractivity contribution < 1.29 is 14.4 Å². The fourth-order valence-electron chi connectivity index (χ4n) is 3.50. The second kappa shape index (κ2) is 12.7. The quantitative estimate of drug-likeness (QED) is 0.367. The molecule has 1 aromatic carbocycles. The number of carbonyl (C=O) groups excluding carboxylic acids is 1. The van der Waals surface area contributed by atoms with E-state index in [2.05, 4.69) is 15.6 Å². The zero-order valence-electron chi connectivity index (χ0n) is 23.2. The second-order valence-corrected chi connectivity index (χ2v) is 10.8. The van der Waals surface area contributed by atoms with Crippen LogP contribution in [-0.2, 0) is 29.0 Å². The van der Waals surface area contributed by atoms with Gasteiger partial charge in [-0.15, -0.1) is 0 Å². The molecule has 2 rings (SSSR count). The molecule has 198 valence electrons. The maximum atomic E-state index is 13.5. The summed E-state index contributed by atoms with van der Waals surface area (Å²) in [7, 11) is 1.65. The van der Waals surface area contributed by atoms with Gasteiger partial charge in [0.15, 0.2) is 0 Å². The van der Waals surface area contributed by atoms with Gasteiger partial charge in [0.25, 0.3) is 5.56 Å². The Labute approximate surface area is 215 Å². The first-order valence-electron chi connectivity index (χ1n) is 12.6. The van der Waals surface area contributed by atoms with Crippen LogP contribution in [0.25, 0.3) is 0 Å². The van der Waals surface area contributed by atoms with Gasteiger partial charge in [0, 0.05) is 5.41 Å². The molecule has 0 aliphatic rings. The van der Waals surface area contributed by atoms with Crippen LogP contribution in [-0.4, -0.2) is 40.7 Å². The van der Waals surface area contributed by atoms with Crippen LogP contribution in [0.1, 0.15) is 72.2 Å². The molecule has 0 unspecified atom stereocenters. The lowest BCUT2D eigenvalue weighted by molar-refractivity contribution is -0.129. The van der Waals surface area contributed by atoms with E-state index in [9.17, 15) is 9.59 Å². The van der Waals surface area contributed by atoms with Gasteiger partial charge in [0.2, 0.25) is 5.91 Å². The standard InChI is InChI=1S/C28H42N4O4/c1-18(2)24(29-27(34)28(6,7)8)17-32-26(33)23(20(5)31-36-19(3)4)16-22(30-32)15-14-21-12-10-11-13-25(21)35-9/h10-13,16,18-19,24H,14-15,17H2,1-9H3,(H,29,34)/b31-20+/t24-/m1/s1. The van der Waals surface area contributed by atoms with Crippen LogP contribution in [0.15, 0.2) is 40.3 Å². The summed E-state index contributed by atoms with van der Waals surface area (Å²) in [5.41, 5.74) is 1.94. The third-order valence-corrected chi connectivity index (χ3v) is 5.83. The lowest BCUT2D eigenvalue weighted by Crippen LogP contribution is -2.48. The number of rotatable bonds is 11. The predicted molar refractivity (Wildman–Crippen MR) is 144 cm³/mol. The number of aromatic nitrogens is 2. The predicted octanol–water partition coefficient (Wildman–Crippen LogP) is 4.37. The summed E-state index contributed by atoms with van der Waals surface area (Å²) in [6.45, 7) is 15.4. The Balaban J connectivity index is 2.46. The Kier molecular flexibility index (Phi) is 10.3. The monoisotopic (exact) mass is 498 g/mol. The van der Waals surface area contributed by atoms with Crippen LogP contribution in [0.4, 0.5) is 0 Å². The molecule has 0 spiro atoms. The summed E-state index contributed by atoms with van der Waals surface area (Å²) in [6, 6.07) is 9.39. The molecule has 1 aromatic heterocycles. The van der Waals surface area contributed by atoms with Gasteiger partial charge in [-0.1, -0.05) is 58.0 Å². The molecule has 8 heteroatoms. The minimum Gasteiger partial charge on any atom is -0.496 e. The SMILES string of the molecule is COc1ccccc1CCc1cc(/C(C)=N/OC(C)C)c(=O)n(C[C@@H](NC(=O)C(C)(C)C)C(C)C)n1. The first kappa shape index (κ1) is 29.1. The van der Waals surface area contributed by atoms with Crippen LogP contribution < -0.4 is 15.6 Å². The molecular formula is C28H42N4O4. The molecule has 0 saturated carbocycles. The normalized spacial score (nSPS) is 13.1. The number of oxime groups is 1. The Morgan fingerprint density at radius 2 is 1.81 bits per heavy atom. The summed E-state index contributed by atoms with van der Waals surface area (Å²) < 4.78 is 6.94. The number of aryl methyl sites for hydroxylation is 2. The Hall–Kier alpha value is -3.16. The van der Waals surface area contributed by atoms with E-state index in [1.165, 1.54) is 4.68 Å². The highest BCUT2D eigenvalue weighted by Crippen LogP contribution is 2.19. The van der Waals surface area contributed by atoms with E-state index in [0.717, 1.165) is 17.0 Å². The van der Waals surface area contributed by atoms with E-state index in [-0.39, 0.29) is 36.1 Å². The van der Waals surface area contributed by atoms with Gasteiger partial charge in [-0.05, 0) is 57.2 Å². The van der Waals surface area contributed by atoms with Crippen molar-refractivity contribution in [2.45, 2.75) is 86.9 Å². The van der Waals surface area contributed by atoms with Gasteiger partial charge < -0.3 is 14.9 Å². The molecule has 0 fully saturated rings. The van der Waals surface area contributed by atoms with Gasteiger partial charge >= 0.3 is 0 Å². The molecule has 0 aliphatic carbocycles. The summed E-state index contributed by atoms with van der Waals surface area (Å²) in [5, 5.41) is 12.0. The van der Waals surface area contributed by atoms with E-state index in [1.807, 2.05) is 72.7 Å². The number of amides is 1. The molecule has 0 radical (unpaired) electrons. The van der Waals surface area contributed by atoms with E-state index >= 15 is 0 Å². The number of benzene rings is 1. The van der Waals surface area contributed by atoms with Crippen molar-refractivity contribution in [1.82, 2.24) is 15.1 Å². The first-order valence-corrected chi connectivity index (χ1v) is 12.6. The lowest BCUT2D eigenvalue weighted by Gasteiger charge is -2.27. The third kappa shape index (κ3) is 8.21. The van der Waals surface area contributed by atoms with Gasteiger partial charge in [0.05, 0.1) is 36.7 Å². The number of methoxy groups -OCH3 is 1. The van der Waals surface area contributed by atoms with Crippen LogP contribution in [0.3, 0.4) is 0 Å². The number of nitrogens with one attached hydrogen (secondary N) is 1. The van der Waals surface area contributed by atoms with Gasteiger partial charge in [0.1, 0.15) is 11.9 Å². The van der Waals surface area contributed by atoms with Gasteiger partial charge in [-0.3, -0.25) is 9.59 Å². The topological polar surface area (TPSA) is 94.8 Å². The number of carbonyl (C=O) groups is 1. The number of hydrogen-bond acceptors (Lipinski definition) is 6. The molecule has 2 aromatic rings. The number of ether oxygens (including phenoxy) is 1. The van der Waals surface area contributed by atoms with Gasteiger partial charge in [-0.2, -0.15) is 5.10 Å². The summed E-state index contributed by atoms with van der Waals surface area (Å²) in [5.74, 6) is 0.855. The second-order valence-electron chi connectivity index (χ2n) is 10.8. The molecule has 0 aliphatic heterocycles. The highest BCUT2D eigenvalue weighted by molar-refractivity contribution is 5.98. The molecule has 1 amide bonds. The first-order chi connectivity index (χ1) is 16.8. The fourth-order valence-corrected chi connectivity index (χ4v) is 3.50. The van der Waals surface area contributed by atoms with E-state index < -0.39 is 5.41 Å². The smallest absolute Gasteiger partial charge is 0.276 e. The molecule has 0 saturated heterocycles. The molecule has 0 bridgehead atoms. The highest BCUT2D eigenvalue weighted by Gasteiger charge is 2.26. The van der Waals surface area contributed by atoms with Crippen molar-refractivity contribution in [3.8, 4) is 5.75 Å². The van der Waals surface area contributed by atoms with E-state index in [4.69, 9.17) is 9.57 Å². The van der Waals surface area contributed by atoms with Crippen LogP contribution in [0.5, 0.6) is 5.75 Å². The van der Waals surface area contributed by atoms with Crippen molar-refractivity contribution in [2.75, 3.05) is 7.11 Å². The van der Waals surface area contributed by atoms with E-state index in [1.54, 1.807) is 20.1 Å². The maximum absolute atomic E-state index is 13.5. The Bertz CT molecular complexity index is 1110. The molecule has 1 atom stereocenters. The molecule has 8 nitrogen and oxygen atoms in total. The van der Waals surface area contributed by atoms with Crippen molar-refractivity contribution in [1.29, 1.82) is 0 Å². The molecular weight excluding hydrogens is 456 g/mol. The zero-order chi connectivity index (χ0) is 27.0. The Morgan fingerprint density at radius 1 is 1.14 bits per heavy atom. The van der Waals surface area contributed by atoms with Crippen molar-refractivity contribution in [2.24, 2.45) is 16.5 Å². The van der Waals surface area contributed by atoms with E-state index in [0.29, 0.717) is 24.1 Å². The molecule has 1 N–H and O–H groups in total. The summed E-state index contributed by atoms with van der Waals surface area (Å²) >= 11 is 0. The third-order valence-electron chi connectivity index (χ3n) is 5.83. The van der Waals surface area contributed by atoms with Crippen molar-refractivity contribution >= 4 is 11.6 Å². The average molecular weight is 499 g/mol. The minimum atomic E-state index is -0.537. The van der Waals surface area contributed by atoms with Crippen LogP contribution in [0, 0.1) is 11.3 Å². The Morgan fingerprint density at radius 3 is 2.39 bits per heavy atom. The minimum absolute atomic E-state index is 0.0649. The zero-order valence-corrected chi connectivity index (χ0v) is 23.2. The highest BCUT2D eigenvalue weighted by atomic mass is 16.6. The number of hydrogen-bond donors (Lipinski definition) is 1. The van der Waals surface area contributed by atoms with Crippen molar-refractivity contribution in [3.63, 3.8) is 0 Å². The molecule has 1 heterocycles. The summed E-state index contributed by atoms with van der Waals surface area (Å²) in [4.78, 5) is 31.6.